The third kappa shape index (κ3) is 4.93. The van der Waals surface area contributed by atoms with Crippen LogP contribution in [-0.2, 0) is 4.79 Å². The van der Waals surface area contributed by atoms with E-state index in [1.807, 2.05) is 6.92 Å². The molecule has 0 aromatic heterocycles. The maximum absolute atomic E-state index is 12.1. The number of nitrogens with two attached hydrogens (primary N) is 1. The molecule has 1 aliphatic rings. The van der Waals surface area contributed by atoms with Crippen LogP contribution in [0.3, 0.4) is 0 Å². The first-order valence-corrected chi connectivity index (χ1v) is 7.16. The summed E-state index contributed by atoms with van der Waals surface area (Å²) in [6, 6.07) is 0.405. The number of halogens is 1. The van der Waals surface area contributed by atoms with Crippen LogP contribution in [0.15, 0.2) is 0 Å². The van der Waals surface area contributed by atoms with Crippen molar-refractivity contribution < 1.29 is 4.79 Å². The van der Waals surface area contributed by atoms with Gasteiger partial charge in [-0.2, -0.15) is 0 Å². The van der Waals surface area contributed by atoms with E-state index in [0.717, 1.165) is 19.5 Å². The molecule has 114 valence electrons. The molecule has 0 aliphatic carbocycles. The Bertz CT molecular complexity index is 286. The van der Waals surface area contributed by atoms with E-state index in [9.17, 15) is 4.79 Å². The fourth-order valence-electron chi connectivity index (χ4n) is 2.41. The number of hydrogen-bond acceptors (Lipinski definition) is 3. The second kappa shape index (κ2) is 8.08. The van der Waals surface area contributed by atoms with Gasteiger partial charge in [-0.1, -0.05) is 27.2 Å². The third-order valence-corrected chi connectivity index (χ3v) is 4.26. The van der Waals surface area contributed by atoms with Gasteiger partial charge >= 0.3 is 0 Å². The van der Waals surface area contributed by atoms with E-state index in [1.165, 1.54) is 0 Å². The molecule has 4 unspecified atom stereocenters. The highest BCUT2D eigenvalue weighted by Gasteiger charge is 2.33. The molecule has 1 saturated heterocycles. The van der Waals surface area contributed by atoms with Crippen molar-refractivity contribution in [1.82, 2.24) is 10.2 Å². The number of amides is 1. The highest BCUT2D eigenvalue weighted by molar-refractivity contribution is 5.85. The molecule has 3 N–H and O–H groups in total. The lowest BCUT2D eigenvalue weighted by Crippen LogP contribution is -2.50. The fraction of sp³-hybridized carbons (Fsp3) is 0.929. The summed E-state index contributed by atoms with van der Waals surface area (Å²) in [5, 5.41) is 3.12. The second-order valence-electron chi connectivity index (χ2n) is 6.05. The summed E-state index contributed by atoms with van der Waals surface area (Å²) in [5.74, 6) is 0.746. The Balaban J connectivity index is 0.00000324. The van der Waals surface area contributed by atoms with E-state index in [4.69, 9.17) is 5.73 Å². The van der Waals surface area contributed by atoms with Crippen LogP contribution in [-0.4, -0.2) is 42.0 Å². The van der Waals surface area contributed by atoms with Gasteiger partial charge in [-0.05, 0) is 25.7 Å². The van der Waals surface area contributed by atoms with Crippen molar-refractivity contribution in [3.63, 3.8) is 0 Å². The van der Waals surface area contributed by atoms with Gasteiger partial charge in [0.15, 0.2) is 0 Å². The van der Waals surface area contributed by atoms with Crippen LogP contribution in [0.2, 0.25) is 0 Å². The Kier molecular flexibility index (Phi) is 7.94. The van der Waals surface area contributed by atoms with Crippen LogP contribution in [0.25, 0.3) is 0 Å². The van der Waals surface area contributed by atoms with Gasteiger partial charge in [0, 0.05) is 25.2 Å². The SMILES string of the molecule is CCC(C)C(N)C(=O)NC1CN(C(C)C)CC1C.Cl. The molecule has 0 bridgehead atoms. The van der Waals surface area contributed by atoms with Crippen molar-refractivity contribution >= 4 is 18.3 Å². The van der Waals surface area contributed by atoms with Crippen molar-refractivity contribution in [2.75, 3.05) is 13.1 Å². The maximum Gasteiger partial charge on any atom is 0.237 e. The Morgan fingerprint density at radius 3 is 2.37 bits per heavy atom. The molecule has 1 aliphatic heterocycles. The molecule has 0 saturated carbocycles. The highest BCUT2D eigenvalue weighted by Crippen LogP contribution is 2.19. The topological polar surface area (TPSA) is 58.4 Å². The van der Waals surface area contributed by atoms with Crippen LogP contribution in [0.5, 0.6) is 0 Å². The molecule has 4 nitrogen and oxygen atoms in total. The van der Waals surface area contributed by atoms with E-state index in [-0.39, 0.29) is 36.3 Å². The Morgan fingerprint density at radius 1 is 1.37 bits per heavy atom. The van der Waals surface area contributed by atoms with Crippen molar-refractivity contribution in [3.8, 4) is 0 Å². The average molecular weight is 292 g/mol. The number of rotatable bonds is 5. The zero-order valence-electron chi connectivity index (χ0n) is 12.8. The minimum atomic E-state index is -0.379. The van der Waals surface area contributed by atoms with E-state index >= 15 is 0 Å². The molecular weight excluding hydrogens is 262 g/mol. The standard InChI is InChI=1S/C14H29N3O.ClH/c1-6-10(4)13(15)14(18)16-12-8-17(9(2)3)7-11(12)5;/h9-13H,6-8,15H2,1-5H3,(H,16,18);1H. The predicted octanol–water partition coefficient (Wildman–Crippen LogP) is 1.63. The van der Waals surface area contributed by atoms with Crippen LogP contribution in [0, 0.1) is 11.8 Å². The summed E-state index contributed by atoms with van der Waals surface area (Å²) in [6.07, 6.45) is 0.937. The number of carbonyl (C=O) groups excluding carboxylic acids is 1. The molecule has 0 aromatic carbocycles. The van der Waals surface area contributed by atoms with Crippen LogP contribution >= 0.6 is 12.4 Å². The van der Waals surface area contributed by atoms with Gasteiger partial charge in [-0.25, -0.2) is 0 Å². The summed E-state index contributed by atoms with van der Waals surface area (Å²) < 4.78 is 0. The molecule has 1 heterocycles. The van der Waals surface area contributed by atoms with Gasteiger partial charge in [0.05, 0.1) is 6.04 Å². The van der Waals surface area contributed by atoms with Crippen LogP contribution < -0.4 is 11.1 Å². The molecule has 1 fully saturated rings. The Hall–Kier alpha value is -0.320. The number of likely N-dealkylation sites (tertiary alicyclic amines) is 1. The number of carbonyl (C=O) groups is 1. The minimum Gasteiger partial charge on any atom is -0.350 e. The highest BCUT2D eigenvalue weighted by atomic mass is 35.5. The first kappa shape index (κ1) is 18.7. The molecular formula is C14H30ClN3O. The molecule has 0 spiro atoms. The zero-order valence-corrected chi connectivity index (χ0v) is 13.7. The third-order valence-electron chi connectivity index (χ3n) is 4.26. The van der Waals surface area contributed by atoms with Crippen molar-refractivity contribution in [2.45, 2.75) is 59.2 Å². The normalized spacial score (nSPS) is 26.9. The molecule has 0 radical (unpaired) electrons. The fourth-order valence-corrected chi connectivity index (χ4v) is 2.41. The Labute approximate surface area is 123 Å². The van der Waals surface area contributed by atoms with Crippen molar-refractivity contribution in [3.05, 3.63) is 0 Å². The lowest BCUT2D eigenvalue weighted by Gasteiger charge is -2.23. The van der Waals surface area contributed by atoms with Crippen molar-refractivity contribution in [2.24, 2.45) is 17.6 Å². The van der Waals surface area contributed by atoms with Gasteiger partial charge in [0.25, 0.3) is 0 Å². The summed E-state index contributed by atoms with van der Waals surface area (Å²) in [5.41, 5.74) is 5.96. The first-order valence-electron chi connectivity index (χ1n) is 7.16. The molecule has 19 heavy (non-hydrogen) atoms. The smallest absolute Gasteiger partial charge is 0.237 e. The Morgan fingerprint density at radius 2 is 1.95 bits per heavy atom. The average Bonchev–Trinajstić information content (AvgIpc) is 2.69. The van der Waals surface area contributed by atoms with Gasteiger partial charge in [-0.3, -0.25) is 9.69 Å². The minimum absolute atomic E-state index is 0. The summed E-state index contributed by atoms with van der Waals surface area (Å²) >= 11 is 0. The summed E-state index contributed by atoms with van der Waals surface area (Å²) in [6.45, 7) is 12.7. The lowest BCUT2D eigenvalue weighted by molar-refractivity contribution is -0.124. The van der Waals surface area contributed by atoms with E-state index in [2.05, 4.69) is 37.9 Å². The molecule has 4 atom stereocenters. The number of nitrogens with one attached hydrogen (secondary N) is 1. The molecule has 1 amide bonds. The molecule has 5 heteroatoms. The lowest BCUT2D eigenvalue weighted by atomic mass is 9.98. The largest absolute Gasteiger partial charge is 0.350 e. The van der Waals surface area contributed by atoms with E-state index in [0.29, 0.717) is 12.0 Å². The van der Waals surface area contributed by atoms with Crippen LogP contribution in [0.4, 0.5) is 0 Å². The molecule has 1 rings (SSSR count). The van der Waals surface area contributed by atoms with Gasteiger partial charge in [0.2, 0.25) is 5.91 Å². The maximum atomic E-state index is 12.1. The summed E-state index contributed by atoms with van der Waals surface area (Å²) in [7, 11) is 0. The number of nitrogens with zero attached hydrogens (tertiary/aromatic N) is 1. The summed E-state index contributed by atoms with van der Waals surface area (Å²) in [4.78, 5) is 14.5. The quantitative estimate of drug-likeness (QED) is 0.809. The second-order valence-corrected chi connectivity index (χ2v) is 6.05. The van der Waals surface area contributed by atoms with Gasteiger partial charge in [0.1, 0.15) is 0 Å². The van der Waals surface area contributed by atoms with Gasteiger partial charge < -0.3 is 11.1 Å². The predicted molar refractivity (Wildman–Crippen MR) is 82.5 cm³/mol. The van der Waals surface area contributed by atoms with E-state index < -0.39 is 0 Å². The zero-order chi connectivity index (χ0) is 13.9. The monoisotopic (exact) mass is 291 g/mol. The van der Waals surface area contributed by atoms with E-state index in [1.54, 1.807) is 0 Å². The molecule has 0 aromatic rings. The van der Waals surface area contributed by atoms with Crippen molar-refractivity contribution in [1.29, 1.82) is 0 Å². The van der Waals surface area contributed by atoms with Gasteiger partial charge in [-0.15, -0.1) is 12.4 Å². The van der Waals surface area contributed by atoms with Crippen LogP contribution in [0.1, 0.15) is 41.0 Å². The number of hydrogen-bond donors (Lipinski definition) is 2. The first-order chi connectivity index (χ1) is 8.36.